The quantitative estimate of drug-likeness (QED) is 0.888. The summed E-state index contributed by atoms with van der Waals surface area (Å²) >= 11 is 0. The van der Waals surface area contributed by atoms with E-state index >= 15 is 0 Å². The normalized spacial score (nSPS) is 22.0. The molecule has 0 aliphatic carbocycles. The van der Waals surface area contributed by atoms with Crippen LogP contribution in [0.2, 0.25) is 0 Å². The molecule has 0 radical (unpaired) electrons. The van der Waals surface area contributed by atoms with Crippen molar-refractivity contribution in [2.75, 3.05) is 31.1 Å². The minimum absolute atomic E-state index is 0.909. The van der Waals surface area contributed by atoms with E-state index in [0.717, 1.165) is 41.8 Å². The Hall–Kier alpha value is -1.62. The van der Waals surface area contributed by atoms with Crippen molar-refractivity contribution in [2.45, 2.75) is 25.7 Å². The highest BCUT2D eigenvalue weighted by Gasteiger charge is 2.28. The number of fused-ring (bicyclic) bond motifs is 1. The van der Waals surface area contributed by atoms with Gasteiger partial charge in [-0.2, -0.15) is 0 Å². The summed E-state index contributed by atoms with van der Waals surface area (Å²) in [6.07, 6.45) is 8.96. The lowest BCUT2D eigenvalue weighted by atomic mass is 9.79. The Morgan fingerprint density at radius 2 is 1.76 bits per heavy atom. The van der Waals surface area contributed by atoms with Crippen molar-refractivity contribution in [2.24, 2.45) is 11.8 Å². The van der Waals surface area contributed by atoms with Gasteiger partial charge in [0.1, 0.15) is 17.8 Å². The van der Waals surface area contributed by atoms with Crippen molar-refractivity contribution in [3.05, 3.63) is 18.6 Å². The van der Waals surface area contributed by atoms with Gasteiger partial charge in [-0.25, -0.2) is 9.97 Å². The Kier molecular flexibility index (Phi) is 3.51. The van der Waals surface area contributed by atoms with E-state index in [1.807, 2.05) is 6.20 Å². The molecule has 0 amide bonds. The zero-order valence-corrected chi connectivity index (χ0v) is 12.4. The van der Waals surface area contributed by atoms with Crippen molar-refractivity contribution in [1.82, 2.24) is 20.3 Å². The summed E-state index contributed by atoms with van der Waals surface area (Å²) in [6, 6.07) is 2.09. The molecule has 21 heavy (non-hydrogen) atoms. The maximum absolute atomic E-state index is 4.53. The average molecular weight is 285 g/mol. The van der Waals surface area contributed by atoms with E-state index in [0.29, 0.717) is 0 Å². The molecule has 5 nitrogen and oxygen atoms in total. The van der Waals surface area contributed by atoms with Crippen LogP contribution in [0.15, 0.2) is 18.6 Å². The van der Waals surface area contributed by atoms with Gasteiger partial charge in [-0.3, -0.25) is 0 Å². The van der Waals surface area contributed by atoms with E-state index in [1.54, 1.807) is 6.33 Å². The second kappa shape index (κ2) is 5.64. The lowest BCUT2D eigenvalue weighted by Gasteiger charge is -2.38. The summed E-state index contributed by atoms with van der Waals surface area (Å²) < 4.78 is 0. The van der Waals surface area contributed by atoms with E-state index in [-0.39, 0.29) is 0 Å². The third-order valence-corrected chi connectivity index (χ3v) is 5.22. The number of hydrogen-bond donors (Lipinski definition) is 2. The van der Waals surface area contributed by atoms with Crippen LogP contribution in [0.4, 0.5) is 5.82 Å². The minimum atomic E-state index is 0.909. The van der Waals surface area contributed by atoms with Crippen LogP contribution in [-0.2, 0) is 0 Å². The highest BCUT2D eigenvalue weighted by Crippen LogP contribution is 2.33. The first-order valence-electron chi connectivity index (χ1n) is 8.15. The van der Waals surface area contributed by atoms with Gasteiger partial charge in [-0.05, 0) is 56.7 Å². The van der Waals surface area contributed by atoms with Gasteiger partial charge in [-0.15, -0.1) is 0 Å². The molecule has 4 rings (SSSR count). The van der Waals surface area contributed by atoms with Crippen LogP contribution in [0.1, 0.15) is 25.7 Å². The van der Waals surface area contributed by atoms with Crippen LogP contribution in [0.3, 0.4) is 0 Å². The molecule has 0 bridgehead atoms. The Bertz CT molecular complexity index is 593. The fraction of sp³-hybridized carbons (Fsp3) is 0.625. The molecule has 0 aromatic carbocycles. The first-order chi connectivity index (χ1) is 10.4. The molecular weight excluding hydrogens is 262 g/mol. The van der Waals surface area contributed by atoms with Gasteiger partial charge in [0, 0.05) is 19.3 Å². The number of anilines is 1. The Balaban J connectivity index is 1.46. The van der Waals surface area contributed by atoms with Crippen molar-refractivity contribution < 1.29 is 0 Å². The number of nitrogens with zero attached hydrogens (tertiary/aromatic N) is 3. The predicted octanol–water partition coefficient (Wildman–Crippen LogP) is 2.17. The van der Waals surface area contributed by atoms with E-state index in [9.17, 15) is 0 Å². The Morgan fingerprint density at radius 1 is 1.00 bits per heavy atom. The van der Waals surface area contributed by atoms with Crippen molar-refractivity contribution >= 4 is 16.9 Å². The molecule has 0 spiro atoms. The van der Waals surface area contributed by atoms with E-state index in [4.69, 9.17) is 0 Å². The Labute approximate surface area is 125 Å². The van der Waals surface area contributed by atoms with Gasteiger partial charge in [-0.1, -0.05) is 0 Å². The van der Waals surface area contributed by atoms with Crippen LogP contribution >= 0.6 is 0 Å². The van der Waals surface area contributed by atoms with Crippen LogP contribution < -0.4 is 10.2 Å². The van der Waals surface area contributed by atoms with E-state index < -0.39 is 0 Å². The first-order valence-corrected chi connectivity index (χ1v) is 8.15. The third-order valence-electron chi connectivity index (χ3n) is 5.22. The van der Waals surface area contributed by atoms with Gasteiger partial charge in [0.05, 0.1) is 5.39 Å². The van der Waals surface area contributed by atoms with E-state index in [2.05, 4.69) is 31.2 Å². The maximum Gasteiger partial charge on any atom is 0.142 e. The molecule has 2 aliphatic rings. The van der Waals surface area contributed by atoms with Gasteiger partial charge in [0.2, 0.25) is 0 Å². The number of hydrogen-bond acceptors (Lipinski definition) is 4. The van der Waals surface area contributed by atoms with Crippen molar-refractivity contribution in [1.29, 1.82) is 0 Å². The second-order valence-electron chi connectivity index (χ2n) is 6.35. The minimum Gasteiger partial charge on any atom is -0.356 e. The Morgan fingerprint density at radius 3 is 2.57 bits per heavy atom. The van der Waals surface area contributed by atoms with Crippen LogP contribution in [0.25, 0.3) is 11.0 Å². The van der Waals surface area contributed by atoms with Crippen molar-refractivity contribution in [3.63, 3.8) is 0 Å². The maximum atomic E-state index is 4.53. The first kappa shape index (κ1) is 13.1. The molecular formula is C16H23N5. The topological polar surface area (TPSA) is 56.8 Å². The predicted molar refractivity (Wildman–Crippen MR) is 84.4 cm³/mol. The highest BCUT2D eigenvalue weighted by molar-refractivity contribution is 5.87. The molecule has 2 aromatic rings. The number of H-pyrrole nitrogens is 1. The molecule has 0 unspecified atom stereocenters. The molecule has 2 saturated heterocycles. The molecule has 2 aliphatic heterocycles. The molecule has 112 valence electrons. The van der Waals surface area contributed by atoms with Gasteiger partial charge in [0.15, 0.2) is 0 Å². The van der Waals surface area contributed by atoms with Crippen LogP contribution in [-0.4, -0.2) is 41.1 Å². The fourth-order valence-electron chi connectivity index (χ4n) is 4.01. The number of nitrogens with one attached hydrogen (secondary N) is 2. The van der Waals surface area contributed by atoms with Crippen LogP contribution in [0.5, 0.6) is 0 Å². The highest BCUT2D eigenvalue weighted by atomic mass is 15.2. The molecule has 0 saturated carbocycles. The molecule has 0 atom stereocenters. The zero-order valence-electron chi connectivity index (χ0n) is 12.4. The summed E-state index contributed by atoms with van der Waals surface area (Å²) in [5, 5.41) is 4.63. The summed E-state index contributed by atoms with van der Waals surface area (Å²) in [5.74, 6) is 2.95. The summed E-state index contributed by atoms with van der Waals surface area (Å²) in [5.41, 5.74) is 0.945. The number of rotatable bonds is 2. The van der Waals surface area contributed by atoms with Gasteiger partial charge < -0.3 is 15.2 Å². The molecule has 2 N–H and O–H groups in total. The summed E-state index contributed by atoms with van der Waals surface area (Å²) in [6.45, 7) is 4.68. The standard InChI is InChI=1S/C16H23N5/c1-6-17-7-2-12(1)13-4-9-21(10-5-13)16-14-3-8-18-15(14)19-11-20-16/h3,8,11-13,17H,1-2,4-7,9-10H2,(H,18,19,20). The largest absolute Gasteiger partial charge is 0.356 e. The SMILES string of the molecule is c1nc(N2CCC(C3CCNCC3)CC2)c2cc[nH]c2n1. The number of piperidine rings is 2. The number of aromatic nitrogens is 3. The summed E-state index contributed by atoms with van der Waals surface area (Å²) in [4.78, 5) is 14.4. The summed E-state index contributed by atoms with van der Waals surface area (Å²) in [7, 11) is 0. The van der Waals surface area contributed by atoms with Gasteiger partial charge >= 0.3 is 0 Å². The molecule has 2 fully saturated rings. The lowest BCUT2D eigenvalue weighted by molar-refractivity contribution is 0.222. The smallest absolute Gasteiger partial charge is 0.142 e. The molecule has 5 heteroatoms. The fourth-order valence-corrected chi connectivity index (χ4v) is 4.01. The lowest BCUT2D eigenvalue weighted by Crippen LogP contribution is -2.39. The van der Waals surface area contributed by atoms with E-state index in [1.165, 1.54) is 38.8 Å². The third kappa shape index (κ3) is 2.50. The second-order valence-corrected chi connectivity index (χ2v) is 6.35. The number of aromatic amines is 1. The average Bonchev–Trinajstić information content (AvgIpc) is 3.04. The monoisotopic (exact) mass is 285 g/mol. The van der Waals surface area contributed by atoms with Crippen LogP contribution in [0, 0.1) is 11.8 Å². The van der Waals surface area contributed by atoms with Gasteiger partial charge in [0.25, 0.3) is 0 Å². The van der Waals surface area contributed by atoms with Crippen molar-refractivity contribution in [3.8, 4) is 0 Å². The zero-order chi connectivity index (χ0) is 14.1. The molecule has 2 aromatic heterocycles. The molecule has 4 heterocycles.